The molecule has 38 heavy (non-hydrogen) atoms. The van der Waals surface area contributed by atoms with Gasteiger partial charge in [-0.05, 0) is 37.3 Å². The first-order chi connectivity index (χ1) is 18.6. The van der Waals surface area contributed by atoms with Crippen LogP contribution in [0.3, 0.4) is 0 Å². The molecule has 0 saturated carbocycles. The maximum absolute atomic E-state index is 13.4. The summed E-state index contributed by atoms with van der Waals surface area (Å²) in [7, 11) is 0. The van der Waals surface area contributed by atoms with Gasteiger partial charge in [-0.1, -0.05) is 103 Å². The van der Waals surface area contributed by atoms with Crippen molar-refractivity contribution in [1.82, 2.24) is 0 Å². The van der Waals surface area contributed by atoms with Crippen LogP contribution in [-0.4, -0.2) is 0 Å². The second-order valence-electron chi connectivity index (χ2n) is 8.39. The second-order valence-corrected chi connectivity index (χ2v) is 10.6. The number of hydrogen-bond acceptors (Lipinski definition) is 6. The van der Waals surface area contributed by atoms with E-state index in [9.17, 15) is 9.59 Å². The monoisotopic (exact) mass is 536 g/mol. The summed E-state index contributed by atoms with van der Waals surface area (Å²) in [6, 6.07) is 24.8. The lowest BCUT2D eigenvalue weighted by atomic mass is 10.0. The van der Waals surface area contributed by atoms with Crippen molar-refractivity contribution in [3.8, 4) is 0 Å². The zero-order valence-corrected chi connectivity index (χ0v) is 22.3. The van der Waals surface area contributed by atoms with E-state index in [1.165, 1.54) is 23.5 Å². The van der Waals surface area contributed by atoms with Crippen LogP contribution in [-0.2, 0) is 6.42 Å². The number of fused-ring (bicyclic) bond motifs is 2. The normalized spacial score (nSPS) is 12.0. The minimum atomic E-state index is -0.479. The fraction of sp³-hybridized carbons (Fsp3) is 0.0625. The first-order valence-corrected chi connectivity index (χ1v) is 13.7. The number of allylic oxidation sites excluding steroid dienone is 4. The van der Waals surface area contributed by atoms with E-state index >= 15 is 0 Å². The molecule has 0 N–H and O–H groups in total. The Hall–Kier alpha value is -4.00. The van der Waals surface area contributed by atoms with Crippen molar-refractivity contribution in [3.05, 3.63) is 147 Å². The van der Waals surface area contributed by atoms with Crippen LogP contribution in [0.2, 0.25) is 0 Å². The third-order valence-electron chi connectivity index (χ3n) is 5.86. The van der Waals surface area contributed by atoms with Gasteiger partial charge in [0, 0.05) is 36.8 Å². The number of hydrogen-bond donors (Lipinski definition) is 0. The molecule has 2 aromatic heterocycles. The van der Waals surface area contributed by atoms with Crippen molar-refractivity contribution >= 4 is 45.5 Å². The zero-order chi connectivity index (χ0) is 26.5. The number of para-hydroxylation sites is 2. The molecule has 0 fully saturated rings. The van der Waals surface area contributed by atoms with Gasteiger partial charge in [-0.2, -0.15) is 0 Å². The zero-order valence-electron chi connectivity index (χ0n) is 20.7. The smallest absolute Gasteiger partial charge is 0.340 e. The lowest BCUT2D eigenvalue weighted by molar-refractivity contribution is 0.536. The number of rotatable bonds is 8. The maximum atomic E-state index is 13.4. The Morgan fingerprint density at radius 2 is 1.34 bits per heavy atom. The van der Waals surface area contributed by atoms with E-state index in [0.29, 0.717) is 22.3 Å². The molecule has 5 aromatic rings. The summed E-state index contributed by atoms with van der Waals surface area (Å²) >= 11 is 2.94. The van der Waals surface area contributed by atoms with Crippen LogP contribution in [0, 0.1) is 0 Å². The number of benzene rings is 3. The highest BCUT2D eigenvalue weighted by Gasteiger charge is 2.22. The van der Waals surface area contributed by atoms with E-state index in [1.54, 1.807) is 18.2 Å². The summed E-state index contributed by atoms with van der Waals surface area (Å²) < 4.78 is 11.5. The first kappa shape index (κ1) is 25.6. The van der Waals surface area contributed by atoms with Crippen LogP contribution < -0.4 is 11.3 Å². The van der Waals surface area contributed by atoms with E-state index in [2.05, 4.69) is 6.58 Å². The molecule has 188 valence electrons. The van der Waals surface area contributed by atoms with Crippen molar-refractivity contribution < 1.29 is 8.83 Å². The van der Waals surface area contributed by atoms with Gasteiger partial charge in [-0.15, -0.1) is 0 Å². The molecular formula is C32H24O4S2. The minimum Gasteiger partial charge on any atom is -0.422 e. The molecule has 0 aliphatic carbocycles. The Morgan fingerprint density at radius 1 is 0.789 bits per heavy atom. The molecular weight excluding hydrogens is 512 g/mol. The van der Waals surface area contributed by atoms with Crippen LogP contribution in [0.4, 0.5) is 0 Å². The van der Waals surface area contributed by atoms with E-state index in [1.807, 2.05) is 91.9 Å². The highest BCUT2D eigenvalue weighted by atomic mass is 32.2. The summed E-state index contributed by atoms with van der Waals surface area (Å²) in [6.07, 6.45) is 7.55. The molecule has 0 bridgehead atoms. The molecule has 3 aromatic carbocycles. The van der Waals surface area contributed by atoms with Crippen molar-refractivity contribution in [2.45, 2.75) is 28.0 Å². The molecule has 0 aliphatic rings. The summed E-state index contributed by atoms with van der Waals surface area (Å²) in [6.45, 7) is 5.76. The Morgan fingerprint density at radius 3 is 1.95 bits per heavy atom. The van der Waals surface area contributed by atoms with E-state index in [-0.39, 0.29) is 6.42 Å². The lowest BCUT2D eigenvalue weighted by Gasteiger charge is -2.14. The molecule has 0 radical (unpaired) electrons. The lowest BCUT2D eigenvalue weighted by Crippen LogP contribution is -2.16. The van der Waals surface area contributed by atoms with Crippen molar-refractivity contribution in [1.29, 1.82) is 0 Å². The average molecular weight is 537 g/mol. The van der Waals surface area contributed by atoms with Crippen LogP contribution in [0.25, 0.3) is 21.9 Å². The van der Waals surface area contributed by atoms with E-state index in [0.717, 1.165) is 30.4 Å². The fourth-order valence-corrected chi connectivity index (χ4v) is 6.41. The van der Waals surface area contributed by atoms with Crippen molar-refractivity contribution in [2.75, 3.05) is 0 Å². The van der Waals surface area contributed by atoms with Gasteiger partial charge in [0.05, 0.1) is 11.1 Å². The summed E-state index contributed by atoms with van der Waals surface area (Å²) in [5.74, 6) is 0. The standard InChI is InChI=1S/C32H24O4S2/c1-3-12-21(13-4-2)37-29-23-16-8-10-18-27(23)35-31(33)25(29)20-26-30(38-22-14-6-5-7-15-22)24-17-9-11-19-28(24)36-32(26)34/h3-19H,1,20H2,2H3/b13-4-,21-12+. The quantitative estimate of drug-likeness (QED) is 0.113. The molecule has 2 heterocycles. The van der Waals surface area contributed by atoms with Crippen molar-refractivity contribution in [2.24, 2.45) is 0 Å². The molecule has 5 rings (SSSR count). The van der Waals surface area contributed by atoms with Crippen LogP contribution in [0.15, 0.2) is 148 Å². The van der Waals surface area contributed by atoms with Gasteiger partial charge >= 0.3 is 11.3 Å². The van der Waals surface area contributed by atoms with Gasteiger partial charge in [0.15, 0.2) is 0 Å². The summed E-state index contributed by atoms with van der Waals surface area (Å²) in [5, 5.41) is 1.62. The highest BCUT2D eigenvalue weighted by Crippen LogP contribution is 2.39. The van der Waals surface area contributed by atoms with Gasteiger partial charge < -0.3 is 8.83 Å². The molecule has 0 amide bonds. The fourth-order valence-electron chi connectivity index (χ4n) is 4.16. The Balaban J connectivity index is 1.74. The Bertz CT molecular complexity index is 1810. The molecule has 0 aliphatic heterocycles. The molecule has 4 nitrogen and oxygen atoms in total. The predicted molar refractivity (Wildman–Crippen MR) is 157 cm³/mol. The van der Waals surface area contributed by atoms with Crippen LogP contribution in [0.5, 0.6) is 0 Å². The third-order valence-corrected chi connectivity index (χ3v) is 8.22. The maximum Gasteiger partial charge on any atom is 0.340 e. The molecule has 0 saturated heterocycles. The predicted octanol–water partition coefficient (Wildman–Crippen LogP) is 8.38. The highest BCUT2D eigenvalue weighted by molar-refractivity contribution is 8.03. The molecule has 0 unspecified atom stereocenters. The first-order valence-electron chi connectivity index (χ1n) is 12.0. The summed E-state index contributed by atoms with van der Waals surface area (Å²) in [5.41, 5.74) is 0.873. The van der Waals surface area contributed by atoms with Crippen LogP contribution >= 0.6 is 23.5 Å². The number of thioether (sulfide) groups is 1. The Labute approximate surface area is 228 Å². The molecule has 0 atom stereocenters. The topological polar surface area (TPSA) is 60.4 Å². The molecule has 6 heteroatoms. The van der Waals surface area contributed by atoms with Gasteiger partial charge in [-0.25, -0.2) is 9.59 Å². The van der Waals surface area contributed by atoms with Gasteiger partial charge in [0.25, 0.3) is 0 Å². The van der Waals surface area contributed by atoms with Gasteiger partial charge in [0.1, 0.15) is 11.2 Å². The SMILES string of the molecule is C=C/C=C(\C=C/C)Sc1c(Cc2c(Sc3ccccc3)c3ccccc3oc2=O)c(=O)oc2ccccc12. The summed E-state index contributed by atoms with van der Waals surface area (Å²) in [4.78, 5) is 30.2. The third kappa shape index (κ3) is 5.32. The van der Waals surface area contributed by atoms with Gasteiger partial charge in [-0.3, -0.25) is 0 Å². The van der Waals surface area contributed by atoms with Gasteiger partial charge in [0.2, 0.25) is 0 Å². The van der Waals surface area contributed by atoms with E-state index < -0.39 is 11.3 Å². The average Bonchev–Trinajstić information content (AvgIpc) is 2.92. The van der Waals surface area contributed by atoms with E-state index in [4.69, 9.17) is 8.83 Å². The largest absolute Gasteiger partial charge is 0.422 e. The second kappa shape index (κ2) is 11.6. The Kier molecular flexibility index (Phi) is 7.82. The van der Waals surface area contributed by atoms with Crippen LogP contribution in [0.1, 0.15) is 18.1 Å². The molecule has 0 spiro atoms. The van der Waals surface area contributed by atoms with Crippen molar-refractivity contribution in [3.63, 3.8) is 0 Å². The minimum absolute atomic E-state index is 0.0645.